The van der Waals surface area contributed by atoms with Crippen molar-refractivity contribution in [1.82, 2.24) is 34.6 Å². The summed E-state index contributed by atoms with van der Waals surface area (Å²) in [4.78, 5) is 27.1. The summed E-state index contributed by atoms with van der Waals surface area (Å²) in [5.74, 6) is 7.12. The average Bonchev–Trinajstić information content (AvgIpc) is 3.09. The zero-order chi connectivity index (χ0) is 21.4. The van der Waals surface area contributed by atoms with E-state index in [1.165, 1.54) is 4.68 Å². The Kier molecular flexibility index (Phi) is 4.84. The molecule has 1 aromatic carbocycles. The number of imidazole rings is 1. The molecule has 9 nitrogen and oxygen atoms in total. The van der Waals surface area contributed by atoms with Gasteiger partial charge >= 0.3 is 0 Å². The van der Waals surface area contributed by atoms with Crippen LogP contribution in [0.2, 0.25) is 0 Å². The van der Waals surface area contributed by atoms with E-state index in [0.29, 0.717) is 29.4 Å². The standard InChI is InChI=1S/C22H22N8O/c1-3-4-9-29-20-18(28-22(29)26-15-10-23-11-15)12-24-30(21(20)31)13-19-25-14(2)16-7-5-6-8-17(16)27-19/h5-8,12,15,23H,9-11,13H2,1-2H3,(H,26,28). The number of rotatable bonds is 5. The van der Waals surface area contributed by atoms with Gasteiger partial charge in [0.15, 0.2) is 5.82 Å². The Hall–Kier alpha value is -3.77. The minimum atomic E-state index is -0.239. The lowest BCUT2D eigenvalue weighted by Crippen LogP contribution is -2.51. The van der Waals surface area contributed by atoms with E-state index in [0.717, 1.165) is 29.7 Å². The van der Waals surface area contributed by atoms with E-state index in [2.05, 4.69) is 42.5 Å². The van der Waals surface area contributed by atoms with Gasteiger partial charge in [-0.25, -0.2) is 19.6 Å². The van der Waals surface area contributed by atoms with Gasteiger partial charge in [0.25, 0.3) is 5.56 Å². The molecule has 4 aromatic rings. The number of nitrogens with one attached hydrogen (secondary N) is 2. The van der Waals surface area contributed by atoms with E-state index in [4.69, 9.17) is 0 Å². The van der Waals surface area contributed by atoms with Gasteiger partial charge in [-0.15, -0.1) is 5.92 Å². The molecule has 0 bridgehead atoms. The molecule has 0 atom stereocenters. The normalized spacial score (nSPS) is 13.7. The smallest absolute Gasteiger partial charge is 0.293 e. The Morgan fingerprint density at radius 1 is 1.19 bits per heavy atom. The predicted octanol–water partition coefficient (Wildman–Crippen LogP) is 1.30. The van der Waals surface area contributed by atoms with E-state index in [1.54, 1.807) is 13.1 Å². The Balaban J connectivity index is 1.57. The second-order valence-corrected chi connectivity index (χ2v) is 7.53. The summed E-state index contributed by atoms with van der Waals surface area (Å²) >= 11 is 0. The summed E-state index contributed by atoms with van der Waals surface area (Å²) in [6.07, 6.45) is 1.62. The lowest BCUT2D eigenvalue weighted by atomic mass is 10.2. The molecule has 156 valence electrons. The molecule has 1 aliphatic rings. The maximum atomic E-state index is 13.3. The molecule has 4 heterocycles. The number of nitrogens with zero attached hydrogens (tertiary/aromatic N) is 6. The van der Waals surface area contributed by atoms with Gasteiger partial charge in [-0.1, -0.05) is 24.1 Å². The first-order chi connectivity index (χ1) is 15.1. The van der Waals surface area contributed by atoms with Crippen LogP contribution in [-0.2, 0) is 13.1 Å². The molecule has 1 saturated heterocycles. The largest absolute Gasteiger partial charge is 0.350 e. The van der Waals surface area contributed by atoms with Crippen LogP contribution in [0.3, 0.4) is 0 Å². The van der Waals surface area contributed by atoms with Crippen LogP contribution in [0.25, 0.3) is 21.9 Å². The number of aryl methyl sites for hydroxylation is 1. The van der Waals surface area contributed by atoms with Crippen LogP contribution in [0.4, 0.5) is 5.95 Å². The highest BCUT2D eigenvalue weighted by Crippen LogP contribution is 2.18. The third-order valence-electron chi connectivity index (χ3n) is 5.41. The monoisotopic (exact) mass is 414 g/mol. The molecule has 9 heteroatoms. The first-order valence-electron chi connectivity index (χ1n) is 10.2. The first kappa shape index (κ1) is 19.2. The van der Waals surface area contributed by atoms with Crippen molar-refractivity contribution in [1.29, 1.82) is 0 Å². The van der Waals surface area contributed by atoms with Crippen LogP contribution in [0.5, 0.6) is 0 Å². The minimum Gasteiger partial charge on any atom is -0.350 e. The quantitative estimate of drug-likeness (QED) is 0.475. The zero-order valence-electron chi connectivity index (χ0n) is 17.4. The molecule has 1 aliphatic heterocycles. The molecule has 5 rings (SSSR count). The van der Waals surface area contributed by atoms with Crippen molar-refractivity contribution in [2.24, 2.45) is 0 Å². The van der Waals surface area contributed by atoms with Crippen molar-refractivity contribution in [2.45, 2.75) is 33.0 Å². The molecule has 0 spiro atoms. The first-order valence-corrected chi connectivity index (χ1v) is 10.2. The van der Waals surface area contributed by atoms with Crippen molar-refractivity contribution < 1.29 is 0 Å². The van der Waals surface area contributed by atoms with E-state index >= 15 is 0 Å². The summed E-state index contributed by atoms with van der Waals surface area (Å²) in [5.41, 5.74) is 2.51. The second kappa shape index (κ2) is 7.81. The molecule has 31 heavy (non-hydrogen) atoms. The average molecular weight is 414 g/mol. The summed E-state index contributed by atoms with van der Waals surface area (Å²) < 4.78 is 3.22. The zero-order valence-corrected chi connectivity index (χ0v) is 17.4. The number of aromatic nitrogens is 6. The Labute approximate surface area is 178 Å². The third-order valence-corrected chi connectivity index (χ3v) is 5.41. The Morgan fingerprint density at radius 3 is 2.81 bits per heavy atom. The highest BCUT2D eigenvalue weighted by molar-refractivity contribution is 5.80. The van der Waals surface area contributed by atoms with Crippen molar-refractivity contribution in [3.8, 4) is 11.8 Å². The fraction of sp³-hybridized carbons (Fsp3) is 0.318. The maximum Gasteiger partial charge on any atom is 0.293 e. The number of hydrogen-bond acceptors (Lipinski definition) is 7. The fourth-order valence-electron chi connectivity index (χ4n) is 3.69. The predicted molar refractivity (Wildman–Crippen MR) is 119 cm³/mol. The van der Waals surface area contributed by atoms with Gasteiger partial charge in [-0.3, -0.25) is 9.36 Å². The molecular weight excluding hydrogens is 392 g/mol. The van der Waals surface area contributed by atoms with Crippen LogP contribution in [0.15, 0.2) is 35.3 Å². The molecule has 1 fully saturated rings. The lowest BCUT2D eigenvalue weighted by Gasteiger charge is -2.28. The fourth-order valence-corrected chi connectivity index (χ4v) is 3.69. The van der Waals surface area contributed by atoms with E-state index < -0.39 is 0 Å². The molecular formula is C22H22N8O. The van der Waals surface area contributed by atoms with Gasteiger partial charge in [0.05, 0.1) is 24.3 Å². The van der Waals surface area contributed by atoms with Crippen LogP contribution >= 0.6 is 0 Å². The summed E-state index contributed by atoms with van der Waals surface area (Å²) in [5, 5.41) is 11.9. The summed E-state index contributed by atoms with van der Waals surface area (Å²) in [7, 11) is 0. The summed E-state index contributed by atoms with van der Waals surface area (Å²) in [6, 6.07) is 8.12. The van der Waals surface area contributed by atoms with Crippen molar-refractivity contribution in [3.05, 3.63) is 52.3 Å². The molecule has 3 aromatic heterocycles. The highest BCUT2D eigenvalue weighted by atomic mass is 16.1. The van der Waals surface area contributed by atoms with Crippen molar-refractivity contribution in [3.63, 3.8) is 0 Å². The maximum absolute atomic E-state index is 13.3. The highest BCUT2D eigenvalue weighted by Gasteiger charge is 2.22. The van der Waals surface area contributed by atoms with Crippen LogP contribution in [0, 0.1) is 18.8 Å². The van der Waals surface area contributed by atoms with E-state index in [-0.39, 0.29) is 18.1 Å². The van der Waals surface area contributed by atoms with E-state index in [1.807, 2.05) is 35.8 Å². The number of anilines is 1. The third kappa shape index (κ3) is 3.51. The van der Waals surface area contributed by atoms with Gasteiger partial charge < -0.3 is 10.6 Å². The Bertz CT molecular complexity index is 1400. The number of hydrogen-bond donors (Lipinski definition) is 2. The minimum absolute atomic E-state index is 0.181. The van der Waals surface area contributed by atoms with Crippen molar-refractivity contribution >= 4 is 27.9 Å². The number of para-hydroxylation sites is 1. The number of fused-ring (bicyclic) bond motifs is 2. The van der Waals surface area contributed by atoms with Crippen LogP contribution in [-0.4, -0.2) is 48.4 Å². The van der Waals surface area contributed by atoms with Crippen LogP contribution < -0.4 is 16.2 Å². The van der Waals surface area contributed by atoms with Gasteiger partial charge in [0, 0.05) is 24.2 Å². The van der Waals surface area contributed by atoms with Gasteiger partial charge in [-0.2, -0.15) is 5.10 Å². The lowest BCUT2D eigenvalue weighted by molar-refractivity contribution is 0.468. The van der Waals surface area contributed by atoms with Gasteiger partial charge in [0.1, 0.15) is 17.6 Å². The molecule has 0 aliphatic carbocycles. The SMILES string of the molecule is CC#CCn1c(NC2CNC2)nc2cnn(Cc3nc(C)c4ccccc4n3)c(=O)c21. The molecule has 0 unspecified atom stereocenters. The van der Waals surface area contributed by atoms with E-state index in [9.17, 15) is 4.79 Å². The topological polar surface area (TPSA) is 103 Å². The molecule has 0 saturated carbocycles. The summed E-state index contributed by atoms with van der Waals surface area (Å²) in [6.45, 7) is 6.01. The number of benzene rings is 1. The molecule has 2 N–H and O–H groups in total. The Morgan fingerprint density at radius 2 is 2.03 bits per heavy atom. The second-order valence-electron chi connectivity index (χ2n) is 7.53. The molecule has 0 amide bonds. The van der Waals surface area contributed by atoms with Gasteiger partial charge in [-0.05, 0) is 19.9 Å². The van der Waals surface area contributed by atoms with Crippen LogP contribution in [0.1, 0.15) is 18.4 Å². The molecule has 0 radical (unpaired) electrons. The van der Waals surface area contributed by atoms with Gasteiger partial charge in [0.2, 0.25) is 5.95 Å². The van der Waals surface area contributed by atoms with Crippen molar-refractivity contribution in [2.75, 3.05) is 18.4 Å².